The molecule has 0 rings (SSSR count). The molecule has 0 aliphatic heterocycles. The average Bonchev–Trinajstić information content (AvgIpc) is 2.50. The lowest BCUT2D eigenvalue weighted by Crippen LogP contribution is -2.27. The first-order valence-corrected chi connectivity index (χ1v) is 12.3. The van der Waals surface area contributed by atoms with E-state index >= 15 is 0 Å². The molecule has 0 aliphatic carbocycles. The maximum atomic E-state index is 5.98. The minimum atomic E-state index is -0.364. The van der Waals surface area contributed by atoms with E-state index in [1.54, 1.807) is 0 Å². The summed E-state index contributed by atoms with van der Waals surface area (Å²) in [5.41, 5.74) is 0.523. The molecule has 0 radical (unpaired) electrons. The summed E-state index contributed by atoms with van der Waals surface area (Å²) < 4.78 is 5.98. The topological polar surface area (TPSA) is 19.0 Å². The fourth-order valence-corrected chi connectivity index (χ4v) is 5.36. The number of hydrogen-bond acceptors (Lipinski definition) is 4. The third kappa shape index (κ3) is 15.1. The van der Waals surface area contributed by atoms with Gasteiger partial charge in [0.1, 0.15) is 0 Å². The molecular weight excluding hydrogens is 338 g/mol. The molecule has 0 fully saturated rings. The molecule has 0 aliphatic rings. The molecular formula is C21H49N3OSi. The smallest absolute Gasteiger partial charge is 0.161 e. The molecule has 0 bridgehead atoms. The minimum Gasteiger partial charge on any atom is -0.422 e. The molecule has 0 N–H and O–H groups in total. The van der Waals surface area contributed by atoms with E-state index in [1.807, 2.05) is 0 Å². The first-order chi connectivity index (χ1) is 12.2. The van der Waals surface area contributed by atoms with Crippen LogP contribution in [0.5, 0.6) is 0 Å². The molecule has 0 aromatic heterocycles. The van der Waals surface area contributed by atoms with Crippen molar-refractivity contribution in [3.63, 3.8) is 0 Å². The average molecular weight is 388 g/mol. The van der Waals surface area contributed by atoms with E-state index in [-0.39, 0.29) is 9.76 Å². The van der Waals surface area contributed by atoms with Crippen LogP contribution in [0.3, 0.4) is 0 Å². The third-order valence-corrected chi connectivity index (χ3v) is 6.78. The van der Waals surface area contributed by atoms with Crippen LogP contribution in [0.1, 0.15) is 58.8 Å². The quantitative estimate of drug-likeness (QED) is 0.281. The highest BCUT2D eigenvalue weighted by Gasteiger charge is 2.28. The minimum absolute atomic E-state index is 0.364. The summed E-state index contributed by atoms with van der Waals surface area (Å²) in [4.78, 5) is 7.00. The van der Waals surface area contributed by atoms with Crippen LogP contribution in [-0.2, 0) is 4.43 Å². The Morgan fingerprint density at radius 1 is 0.692 bits per heavy atom. The van der Waals surface area contributed by atoms with Gasteiger partial charge in [-0.25, -0.2) is 0 Å². The van der Waals surface area contributed by atoms with Gasteiger partial charge < -0.3 is 19.1 Å². The summed E-state index contributed by atoms with van der Waals surface area (Å²) in [6, 6.07) is 1.34. The van der Waals surface area contributed by atoms with Gasteiger partial charge in [0.15, 0.2) is 9.76 Å². The van der Waals surface area contributed by atoms with Crippen LogP contribution in [0.25, 0.3) is 0 Å². The van der Waals surface area contributed by atoms with Crippen LogP contribution < -0.4 is 0 Å². The third-order valence-electron chi connectivity index (χ3n) is 5.24. The summed E-state index contributed by atoms with van der Waals surface area (Å²) in [5.74, 6) is 0. The Labute approximate surface area is 167 Å². The first-order valence-electron chi connectivity index (χ1n) is 10.7. The van der Waals surface area contributed by atoms with Gasteiger partial charge in [0, 0.05) is 6.10 Å². The number of nitrogens with zero attached hydrogens (tertiary/aromatic N) is 3. The van der Waals surface area contributed by atoms with Gasteiger partial charge in [0.2, 0.25) is 0 Å². The Morgan fingerprint density at radius 2 is 1.08 bits per heavy atom. The van der Waals surface area contributed by atoms with Gasteiger partial charge in [-0.3, -0.25) is 0 Å². The fourth-order valence-electron chi connectivity index (χ4n) is 3.83. The molecule has 0 saturated carbocycles. The van der Waals surface area contributed by atoms with E-state index in [0.29, 0.717) is 11.5 Å². The lowest BCUT2D eigenvalue weighted by atomic mass is 9.73. The Hall–Kier alpha value is 0.0569. The van der Waals surface area contributed by atoms with Crippen LogP contribution in [0.15, 0.2) is 0 Å². The zero-order valence-electron chi connectivity index (χ0n) is 19.3. The van der Waals surface area contributed by atoms with Crippen LogP contribution in [0.4, 0.5) is 0 Å². The van der Waals surface area contributed by atoms with Gasteiger partial charge in [-0.05, 0) is 132 Å². The summed E-state index contributed by atoms with van der Waals surface area (Å²) in [6.07, 6.45) is 9.88. The fraction of sp³-hybridized carbons (Fsp3) is 1.00. The molecule has 0 amide bonds. The van der Waals surface area contributed by atoms with E-state index in [4.69, 9.17) is 4.43 Å². The van der Waals surface area contributed by atoms with Gasteiger partial charge in [-0.1, -0.05) is 0 Å². The first kappa shape index (κ1) is 26.1. The van der Waals surface area contributed by atoms with E-state index in [9.17, 15) is 0 Å². The Morgan fingerprint density at radius 3 is 1.38 bits per heavy atom. The normalized spacial score (nSPS) is 13.4. The molecule has 0 spiro atoms. The molecule has 5 heteroatoms. The lowest BCUT2D eigenvalue weighted by Gasteiger charge is -2.36. The largest absolute Gasteiger partial charge is 0.422 e. The standard InChI is InChI=1S/C21H49N3OSi/c1-20(2)25-26-19-15-21(12-9-16-22(3)4,13-10-17-23(5)6)14-11-18-24(7)8/h20H,9-19,26H2,1-8H3. The SMILES string of the molecule is CC(C)O[SiH2]CCC(CCCN(C)C)(CCCN(C)C)CCCN(C)C. The molecule has 0 atom stereocenters. The Balaban J connectivity index is 4.84. The summed E-state index contributed by atoms with van der Waals surface area (Å²) in [7, 11) is 12.8. The highest BCUT2D eigenvalue weighted by molar-refractivity contribution is 6.27. The molecule has 4 nitrogen and oxygen atoms in total. The molecule has 0 unspecified atom stereocenters. The highest BCUT2D eigenvalue weighted by Crippen LogP contribution is 2.40. The summed E-state index contributed by atoms with van der Waals surface area (Å²) >= 11 is 0. The van der Waals surface area contributed by atoms with E-state index in [0.717, 1.165) is 0 Å². The predicted molar refractivity (Wildman–Crippen MR) is 120 cm³/mol. The van der Waals surface area contributed by atoms with Gasteiger partial charge in [0.25, 0.3) is 0 Å². The highest BCUT2D eigenvalue weighted by atomic mass is 28.2. The van der Waals surface area contributed by atoms with Crippen molar-refractivity contribution in [1.29, 1.82) is 0 Å². The van der Waals surface area contributed by atoms with Crippen LogP contribution in [0, 0.1) is 5.41 Å². The number of hydrogen-bond donors (Lipinski definition) is 0. The number of rotatable bonds is 17. The summed E-state index contributed by atoms with van der Waals surface area (Å²) in [5, 5.41) is 0. The Bertz CT molecular complexity index is 286. The maximum Gasteiger partial charge on any atom is 0.161 e. The molecule has 0 heterocycles. The van der Waals surface area contributed by atoms with Crippen molar-refractivity contribution < 1.29 is 4.43 Å². The van der Waals surface area contributed by atoms with Crippen molar-refractivity contribution in [3.8, 4) is 0 Å². The van der Waals surface area contributed by atoms with Gasteiger partial charge >= 0.3 is 0 Å². The van der Waals surface area contributed by atoms with Crippen molar-refractivity contribution in [2.75, 3.05) is 61.9 Å². The van der Waals surface area contributed by atoms with E-state index in [1.165, 1.54) is 70.6 Å². The van der Waals surface area contributed by atoms with Crippen molar-refractivity contribution in [2.24, 2.45) is 5.41 Å². The zero-order chi connectivity index (χ0) is 20.0. The second-order valence-electron chi connectivity index (χ2n) is 9.24. The molecule has 0 saturated heterocycles. The Kier molecular flexibility index (Phi) is 15.1. The van der Waals surface area contributed by atoms with Crippen molar-refractivity contribution in [3.05, 3.63) is 0 Å². The van der Waals surface area contributed by atoms with Gasteiger partial charge in [-0.15, -0.1) is 0 Å². The van der Waals surface area contributed by atoms with Crippen LogP contribution >= 0.6 is 0 Å². The lowest BCUT2D eigenvalue weighted by molar-refractivity contribution is 0.168. The molecule has 0 aromatic rings. The predicted octanol–water partition coefficient (Wildman–Crippen LogP) is 3.32. The van der Waals surface area contributed by atoms with Crippen LogP contribution in [-0.4, -0.2) is 92.5 Å². The van der Waals surface area contributed by atoms with Gasteiger partial charge in [-0.2, -0.15) is 0 Å². The summed E-state index contributed by atoms with van der Waals surface area (Å²) in [6.45, 7) is 7.98. The maximum absolute atomic E-state index is 5.98. The van der Waals surface area contributed by atoms with Crippen molar-refractivity contribution in [2.45, 2.75) is 70.9 Å². The monoisotopic (exact) mass is 387 g/mol. The van der Waals surface area contributed by atoms with Crippen molar-refractivity contribution >= 4 is 9.76 Å². The second kappa shape index (κ2) is 15.0. The second-order valence-corrected chi connectivity index (χ2v) is 10.7. The van der Waals surface area contributed by atoms with Crippen LogP contribution in [0.2, 0.25) is 6.04 Å². The van der Waals surface area contributed by atoms with Crippen molar-refractivity contribution in [1.82, 2.24) is 14.7 Å². The molecule has 158 valence electrons. The zero-order valence-corrected chi connectivity index (χ0v) is 20.7. The van der Waals surface area contributed by atoms with Gasteiger partial charge in [0.05, 0.1) is 0 Å². The van der Waals surface area contributed by atoms with E-state index in [2.05, 4.69) is 70.8 Å². The molecule has 0 aromatic carbocycles. The van der Waals surface area contributed by atoms with E-state index < -0.39 is 0 Å². The molecule has 26 heavy (non-hydrogen) atoms.